The van der Waals surface area contributed by atoms with Crippen molar-refractivity contribution in [1.82, 2.24) is 0 Å². The maximum absolute atomic E-state index is 11.6. The molecule has 0 radical (unpaired) electrons. The largest absolute Gasteiger partial charge is 0.298 e. The third-order valence-electron chi connectivity index (χ3n) is 2.19. The van der Waals surface area contributed by atoms with Crippen molar-refractivity contribution in [2.24, 2.45) is 10.8 Å². The van der Waals surface area contributed by atoms with Gasteiger partial charge < -0.3 is 0 Å². The summed E-state index contributed by atoms with van der Waals surface area (Å²) in [6.45, 7) is 6.08. The van der Waals surface area contributed by atoms with Crippen molar-refractivity contribution < 1.29 is 4.79 Å². The van der Waals surface area contributed by atoms with Gasteiger partial charge in [-0.3, -0.25) is 4.79 Å². The first-order valence-corrected chi connectivity index (χ1v) is 4.34. The first kappa shape index (κ1) is 9.25. The molecule has 0 aromatic carbocycles. The minimum atomic E-state index is -0.576. The molecule has 1 aliphatic rings. The highest BCUT2D eigenvalue weighted by Gasteiger charge is 2.50. The molecule has 0 aliphatic heterocycles. The van der Waals surface area contributed by atoms with Crippen molar-refractivity contribution in [3.63, 3.8) is 0 Å². The highest BCUT2D eigenvalue weighted by atomic mass is 16.1. The van der Waals surface area contributed by atoms with Crippen LogP contribution in [0.1, 0.15) is 40.0 Å². The maximum atomic E-state index is 11.6. The standard InChI is InChI=1S/C10H15NO/c1-9(2,3)6-8(12)10(7-11)4-5-10/h4-6H2,1-3H3. The maximum Gasteiger partial charge on any atom is 0.153 e. The number of carbonyl (C=O) groups is 1. The van der Waals surface area contributed by atoms with Crippen LogP contribution in [0.25, 0.3) is 0 Å². The Morgan fingerprint density at radius 3 is 2.25 bits per heavy atom. The molecule has 1 rings (SSSR count). The summed E-state index contributed by atoms with van der Waals surface area (Å²) in [5.74, 6) is 0.137. The lowest BCUT2D eigenvalue weighted by Crippen LogP contribution is -2.20. The molecule has 0 spiro atoms. The molecule has 2 heteroatoms. The van der Waals surface area contributed by atoms with Gasteiger partial charge in [0.25, 0.3) is 0 Å². The number of nitrogens with zero attached hydrogens (tertiary/aromatic N) is 1. The van der Waals surface area contributed by atoms with E-state index in [2.05, 4.69) is 6.07 Å². The predicted octanol–water partition coefficient (Wildman–Crippen LogP) is 2.30. The van der Waals surface area contributed by atoms with Crippen molar-refractivity contribution >= 4 is 5.78 Å². The van der Waals surface area contributed by atoms with Gasteiger partial charge in [0, 0.05) is 6.42 Å². The molecule has 66 valence electrons. The van der Waals surface area contributed by atoms with Gasteiger partial charge >= 0.3 is 0 Å². The van der Waals surface area contributed by atoms with Crippen LogP contribution in [0.15, 0.2) is 0 Å². The zero-order valence-corrected chi connectivity index (χ0v) is 7.98. The van der Waals surface area contributed by atoms with Gasteiger partial charge in [-0.1, -0.05) is 20.8 Å². The monoisotopic (exact) mass is 165 g/mol. The molecule has 0 atom stereocenters. The van der Waals surface area contributed by atoms with Crippen LogP contribution in [0.4, 0.5) is 0 Å². The minimum absolute atomic E-state index is 0.0174. The average molecular weight is 165 g/mol. The SMILES string of the molecule is CC(C)(C)CC(=O)C1(C#N)CC1. The topological polar surface area (TPSA) is 40.9 Å². The summed E-state index contributed by atoms with van der Waals surface area (Å²) in [7, 11) is 0. The van der Waals surface area contributed by atoms with E-state index in [1.165, 1.54) is 0 Å². The van der Waals surface area contributed by atoms with E-state index in [9.17, 15) is 4.79 Å². The number of rotatable bonds is 2. The van der Waals surface area contributed by atoms with E-state index < -0.39 is 5.41 Å². The minimum Gasteiger partial charge on any atom is -0.298 e. The zero-order valence-electron chi connectivity index (χ0n) is 7.98. The lowest BCUT2D eigenvalue weighted by molar-refractivity contribution is -0.124. The molecule has 1 fully saturated rings. The lowest BCUT2D eigenvalue weighted by atomic mass is 9.85. The molecular formula is C10H15NO. The molecule has 2 nitrogen and oxygen atoms in total. The lowest BCUT2D eigenvalue weighted by Gasteiger charge is -2.18. The Morgan fingerprint density at radius 2 is 2.00 bits per heavy atom. The normalized spacial score (nSPS) is 19.8. The summed E-state index contributed by atoms with van der Waals surface area (Å²) in [5.41, 5.74) is -0.559. The Hall–Kier alpha value is -0.840. The highest BCUT2D eigenvalue weighted by molar-refractivity contribution is 5.90. The molecule has 1 aliphatic carbocycles. The molecule has 0 bridgehead atoms. The van der Waals surface area contributed by atoms with Crippen LogP contribution in [-0.2, 0) is 4.79 Å². The fourth-order valence-electron chi connectivity index (χ4n) is 1.23. The molecule has 0 unspecified atom stereocenters. The molecule has 1 saturated carbocycles. The number of ketones is 1. The highest BCUT2D eigenvalue weighted by Crippen LogP contribution is 2.47. The fraction of sp³-hybridized carbons (Fsp3) is 0.800. The van der Waals surface area contributed by atoms with Crippen LogP contribution in [0.5, 0.6) is 0 Å². The molecule has 0 aromatic rings. The second-order valence-electron chi connectivity index (χ2n) is 4.85. The van der Waals surface area contributed by atoms with Crippen LogP contribution < -0.4 is 0 Å². The molecule has 0 aromatic heterocycles. The van der Waals surface area contributed by atoms with E-state index in [0.717, 1.165) is 12.8 Å². The Labute approximate surface area is 73.6 Å². The van der Waals surface area contributed by atoms with Gasteiger partial charge in [-0.15, -0.1) is 0 Å². The van der Waals surface area contributed by atoms with Crippen molar-refractivity contribution in [3.8, 4) is 6.07 Å². The third kappa shape index (κ3) is 1.85. The average Bonchev–Trinajstić information content (AvgIpc) is 2.62. The van der Waals surface area contributed by atoms with Crippen LogP contribution in [0.2, 0.25) is 0 Å². The molecule has 12 heavy (non-hydrogen) atoms. The summed E-state index contributed by atoms with van der Waals surface area (Å²) in [6, 6.07) is 2.13. The number of carbonyl (C=O) groups excluding carboxylic acids is 1. The van der Waals surface area contributed by atoms with Crippen molar-refractivity contribution in [2.75, 3.05) is 0 Å². The predicted molar refractivity (Wildman–Crippen MR) is 46.4 cm³/mol. The van der Waals surface area contributed by atoms with Gasteiger partial charge in [0.1, 0.15) is 5.41 Å². The first-order valence-electron chi connectivity index (χ1n) is 4.34. The second-order valence-corrected chi connectivity index (χ2v) is 4.85. The Balaban J connectivity index is 2.57. The van der Waals surface area contributed by atoms with E-state index in [1.807, 2.05) is 20.8 Å². The first-order chi connectivity index (χ1) is 5.40. The summed E-state index contributed by atoms with van der Waals surface area (Å²) in [6.07, 6.45) is 2.08. The summed E-state index contributed by atoms with van der Waals surface area (Å²) < 4.78 is 0. The number of hydrogen-bond donors (Lipinski definition) is 0. The van der Waals surface area contributed by atoms with E-state index in [1.54, 1.807) is 0 Å². The number of hydrogen-bond acceptors (Lipinski definition) is 2. The van der Waals surface area contributed by atoms with Gasteiger partial charge in [-0.2, -0.15) is 5.26 Å². The Morgan fingerprint density at radius 1 is 1.50 bits per heavy atom. The summed E-state index contributed by atoms with van der Waals surface area (Å²) in [4.78, 5) is 11.6. The van der Waals surface area contributed by atoms with Crippen LogP contribution in [-0.4, -0.2) is 5.78 Å². The van der Waals surface area contributed by atoms with Crippen molar-refractivity contribution in [3.05, 3.63) is 0 Å². The summed E-state index contributed by atoms with van der Waals surface area (Å²) >= 11 is 0. The molecular weight excluding hydrogens is 150 g/mol. The summed E-state index contributed by atoms with van der Waals surface area (Å²) in [5, 5.41) is 8.75. The second kappa shape index (κ2) is 2.58. The van der Waals surface area contributed by atoms with Crippen LogP contribution in [0, 0.1) is 22.2 Å². The van der Waals surface area contributed by atoms with Crippen LogP contribution >= 0.6 is 0 Å². The van der Waals surface area contributed by atoms with E-state index >= 15 is 0 Å². The van der Waals surface area contributed by atoms with E-state index in [4.69, 9.17) is 5.26 Å². The molecule has 0 saturated heterocycles. The zero-order chi connectivity index (χ0) is 9.41. The van der Waals surface area contributed by atoms with Crippen LogP contribution in [0.3, 0.4) is 0 Å². The Bertz CT molecular complexity index is 238. The van der Waals surface area contributed by atoms with E-state index in [0.29, 0.717) is 6.42 Å². The smallest absolute Gasteiger partial charge is 0.153 e. The van der Waals surface area contributed by atoms with Gasteiger partial charge in [0.15, 0.2) is 5.78 Å². The Kier molecular flexibility index (Phi) is 1.99. The van der Waals surface area contributed by atoms with Gasteiger partial charge in [-0.05, 0) is 18.3 Å². The third-order valence-corrected chi connectivity index (χ3v) is 2.19. The molecule has 0 amide bonds. The van der Waals surface area contributed by atoms with Gasteiger partial charge in [-0.25, -0.2) is 0 Å². The van der Waals surface area contributed by atoms with E-state index in [-0.39, 0.29) is 11.2 Å². The number of nitriles is 1. The van der Waals surface area contributed by atoms with Gasteiger partial charge in [0.2, 0.25) is 0 Å². The fourth-order valence-corrected chi connectivity index (χ4v) is 1.23. The van der Waals surface area contributed by atoms with Crippen molar-refractivity contribution in [1.29, 1.82) is 5.26 Å². The molecule has 0 heterocycles. The molecule has 0 N–H and O–H groups in total. The van der Waals surface area contributed by atoms with Crippen molar-refractivity contribution in [2.45, 2.75) is 40.0 Å². The number of Topliss-reactive ketones (excluding diaryl/α,β-unsaturated/α-hetero) is 1. The quantitative estimate of drug-likeness (QED) is 0.630. The van der Waals surface area contributed by atoms with Gasteiger partial charge in [0.05, 0.1) is 6.07 Å².